The van der Waals surface area contributed by atoms with Crippen LogP contribution in [0.15, 0.2) is 28.6 Å². The highest BCUT2D eigenvalue weighted by Crippen LogP contribution is 2.39. The van der Waals surface area contributed by atoms with Crippen LogP contribution in [-0.4, -0.2) is 39.9 Å². The van der Waals surface area contributed by atoms with Crippen LogP contribution >= 0.6 is 11.3 Å². The molecule has 3 heterocycles. The predicted molar refractivity (Wildman–Crippen MR) is 109 cm³/mol. The molecule has 0 aliphatic heterocycles. The molecule has 0 saturated heterocycles. The van der Waals surface area contributed by atoms with Crippen LogP contribution in [0.2, 0.25) is 0 Å². The minimum absolute atomic E-state index is 0.0499. The first-order chi connectivity index (χ1) is 13.9. The zero-order valence-corrected chi connectivity index (χ0v) is 17.0. The molecule has 0 spiro atoms. The van der Waals surface area contributed by atoms with E-state index < -0.39 is 16.3 Å². The summed E-state index contributed by atoms with van der Waals surface area (Å²) in [7, 11) is -3.82. The van der Waals surface area contributed by atoms with Crippen LogP contribution in [0.5, 0.6) is 0 Å². The summed E-state index contributed by atoms with van der Waals surface area (Å²) >= 11 is 0.992. The molecular formula is C18H18N6O3S2. The fraction of sp³-hybridized carbons (Fsp3) is 0.278. The number of nitrogens with one attached hydrogen (secondary N) is 3. The standard InChI is InChI=1S/C18H18N6O3S2/c1-3-11-9-19-18(14-6-7-16(28-14)29(26,27)24-10(2)25)21-17(11)20-15-8-13(22-23-15)12-4-5-12/h1,6-10,12,24-25H,4-5H2,2H3,(H2,19,20,21,22,23). The number of aliphatic hydroxyl groups excluding tert-OH is 1. The fourth-order valence-electron chi connectivity index (χ4n) is 2.69. The second-order valence-electron chi connectivity index (χ2n) is 6.62. The molecule has 1 aliphatic rings. The molecule has 1 aliphatic carbocycles. The second kappa shape index (κ2) is 7.57. The van der Waals surface area contributed by atoms with Crippen LogP contribution in [0.3, 0.4) is 0 Å². The molecule has 11 heteroatoms. The van der Waals surface area contributed by atoms with Crippen molar-refractivity contribution >= 4 is 33.0 Å². The molecule has 1 saturated carbocycles. The Morgan fingerprint density at radius 3 is 2.90 bits per heavy atom. The van der Waals surface area contributed by atoms with E-state index in [2.05, 4.69) is 36.1 Å². The highest BCUT2D eigenvalue weighted by molar-refractivity contribution is 7.91. The summed E-state index contributed by atoms with van der Waals surface area (Å²) in [5.74, 6) is 4.40. The summed E-state index contributed by atoms with van der Waals surface area (Å²) in [4.78, 5) is 9.25. The highest BCUT2D eigenvalue weighted by Gasteiger charge is 2.26. The van der Waals surface area contributed by atoms with Crippen LogP contribution in [0, 0.1) is 12.3 Å². The fourth-order valence-corrected chi connectivity index (χ4v) is 5.04. The smallest absolute Gasteiger partial charge is 0.252 e. The summed E-state index contributed by atoms with van der Waals surface area (Å²) in [5.41, 5.74) is 1.53. The monoisotopic (exact) mass is 430 g/mol. The molecule has 150 valence electrons. The van der Waals surface area contributed by atoms with Crippen molar-refractivity contribution in [2.75, 3.05) is 5.32 Å². The summed E-state index contributed by atoms with van der Waals surface area (Å²) in [6.07, 6.45) is 8.18. The number of hydrogen-bond acceptors (Lipinski definition) is 8. The number of aromatic nitrogens is 4. The molecular weight excluding hydrogens is 412 g/mol. The second-order valence-corrected chi connectivity index (χ2v) is 9.65. The van der Waals surface area contributed by atoms with Gasteiger partial charge in [0, 0.05) is 23.9 Å². The van der Waals surface area contributed by atoms with E-state index >= 15 is 0 Å². The lowest BCUT2D eigenvalue weighted by Crippen LogP contribution is -2.31. The van der Waals surface area contributed by atoms with E-state index in [4.69, 9.17) is 6.42 Å². The molecule has 0 aromatic carbocycles. The average molecular weight is 431 g/mol. The number of aliphatic hydroxyl groups is 1. The van der Waals surface area contributed by atoms with Gasteiger partial charge < -0.3 is 10.4 Å². The third-order valence-corrected chi connectivity index (χ3v) is 7.30. The van der Waals surface area contributed by atoms with E-state index in [1.807, 2.05) is 6.07 Å². The Morgan fingerprint density at radius 1 is 1.41 bits per heavy atom. The van der Waals surface area contributed by atoms with Gasteiger partial charge in [0.25, 0.3) is 10.0 Å². The van der Waals surface area contributed by atoms with E-state index in [1.165, 1.54) is 19.2 Å². The van der Waals surface area contributed by atoms with Gasteiger partial charge in [-0.1, -0.05) is 5.92 Å². The highest BCUT2D eigenvalue weighted by atomic mass is 32.2. The number of nitrogens with zero attached hydrogens (tertiary/aromatic N) is 3. The van der Waals surface area contributed by atoms with Crippen molar-refractivity contribution in [3.8, 4) is 23.0 Å². The Kier molecular flexibility index (Phi) is 5.10. The lowest BCUT2D eigenvalue weighted by Gasteiger charge is -2.07. The van der Waals surface area contributed by atoms with Crippen molar-refractivity contribution in [2.24, 2.45) is 0 Å². The van der Waals surface area contributed by atoms with Gasteiger partial charge in [-0.05, 0) is 31.9 Å². The van der Waals surface area contributed by atoms with Crippen LogP contribution in [0.1, 0.15) is 36.9 Å². The van der Waals surface area contributed by atoms with Crippen molar-refractivity contribution in [3.05, 3.63) is 35.7 Å². The van der Waals surface area contributed by atoms with E-state index in [0.717, 1.165) is 29.9 Å². The van der Waals surface area contributed by atoms with Crippen LogP contribution in [0.25, 0.3) is 10.7 Å². The Morgan fingerprint density at radius 2 is 2.21 bits per heavy atom. The van der Waals surface area contributed by atoms with Gasteiger partial charge in [0.05, 0.1) is 10.4 Å². The number of terminal acetylenes is 1. The lowest BCUT2D eigenvalue weighted by atomic mass is 10.3. The van der Waals surface area contributed by atoms with E-state index in [1.54, 1.807) is 6.07 Å². The van der Waals surface area contributed by atoms with Crippen molar-refractivity contribution in [2.45, 2.75) is 36.1 Å². The third-order valence-electron chi connectivity index (χ3n) is 4.20. The molecule has 1 atom stereocenters. The van der Waals surface area contributed by atoms with Gasteiger partial charge in [0.1, 0.15) is 10.4 Å². The summed E-state index contributed by atoms with van der Waals surface area (Å²) in [5, 5.41) is 19.7. The molecule has 3 aromatic heterocycles. The van der Waals surface area contributed by atoms with Crippen LogP contribution in [0.4, 0.5) is 11.6 Å². The molecule has 3 aromatic rings. The van der Waals surface area contributed by atoms with Crippen LogP contribution < -0.4 is 10.0 Å². The Bertz CT molecular complexity index is 1190. The first kappa shape index (κ1) is 19.5. The largest absolute Gasteiger partial charge is 0.378 e. The topological polar surface area (TPSA) is 133 Å². The van der Waals surface area contributed by atoms with Crippen molar-refractivity contribution < 1.29 is 13.5 Å². The van der Waals surface area contributed by atoms with Crippen molar-refractivity contribution in [3.63, 3.8) is 0 Å². The SMILES string of the molecule is C#Cc1cnc(-c2ccc(S(=O)(=O)NC(C)O)s2)nc1Nc1cc(C2CC2)[nH]n1. The first-order valence-electron chi connectivity index (χ1n) is 8.82. The zero-order chi connectivity index (χ0) is 20.6. The van der Waals surface area contributed by atoms with Crippen LogP contribution in [-0.2, 0) is 10.0 Å². The minimum Gasteiger partial charge on any atom is -0.378 e. The van der Waals surface area contributed by atoms with Crippen molar-refractivity contribution in [1.29, 1.82) is 0 Å². The number of sulfonamides is 1. The van der Waals surface area contributed by atoms with Gasteiger partial charge in [-0.15, -0.1) is 17.8 Å². The van der Waals surface area contributed by atoms with Gasteiger partial charge in [0.2, 0.25) is 0 Å². The molecule has 4 rings (SSSR count). The van der Waals surface area contributed by atoms with E-state index in [9.17, 15) is 13.5 Å². The maximum absolute atomic E-state index is 12.2. The molecule has 0 bridgehead atoms. The summed E-state index contributed by atoms with van der Waals surface area (Å²) < 4.78 is 26.6. The molecule has 1 fully saturated rings. The lowest BCUT2D eigenvalue weighted by molar-refractivity contribution is 0.184. The minimum atomic E-state index is -3.82. The number of anilines is 2. The Labute approximate surface area is 171 Å². The quantitative estimate of drug-likeness (QED) is 0.333. The van der Waals surface area contributed by atoms with Gasteiger partial charge in [-0.25, -0.2) is 18.4 Å². The number of thiophene rings is 1. The zero-order valence-electron chi connectivity index (χ0n) is 15.4. The molecule has 0 amide bonds. The van der Waals surface area contributed by atoms with Crippen molar-refractivity contribution in [1.82, 2.24) is 24.9 Å². The van der Waals surface area contributed by atoms with Gasteiger partial charge in [0.15, 0.2) is 17.5 Å². The number of H-pyrrole nitrogens is 1. The van der Waals surface area contributed by atoms with E-state index in [-0.39, 0.29) is 4.21 Å². The summed E-state index contributed by atoms with van der Waals surface area (Å²) in [6.45, 7) is 1.33. The number of rotatable bonds is 7. The summed E-state index contributed by atoms with van der Waals surface area (Å²) in [6, 6.07) is 4.97. The molecule has 9 nitrogen and oxygen atoms in total. The Hall–Kier alpha value is -2.78. The molecule has 29 heavy (non-hydrogen) atoms. The normalized spacial score (nSPS) is 15.1. The molecule has 0 radical (unpaired) electrons. The Balaban J connectivity index is 1.62. The van der Waals surface area contributed by atoms with E-state index in [0.29, 0.717) is 33.8 Å². The first-order valence-corrected chi connectivity index (χ1v) is 11.1. The number of hydrogen-bond donors (Lipinski definition) is 4. The maximum Gasteiger partial charge on any atom is 0.252 e. The van der Waals surface area contributed by atoms with Gasteiger partial charge >= 0.3 is 0 Å². The number of aromatic amines is 1. The third kappa shape index (κ3) is 4.30. The molecule has 1 unspecified atom stereocenters. The average Bonchev–Trinajstić information content (AvgIpc) is 3.20. The predicted octanol–water partition coefficient (Wildman–Crippen LogP) is 2.15. The molecule has 4 N–H and O–H groups in total. The maximum atomic E-state index is 12.2. The van der Waals surface area contributed by atoms with Gasteiger partial charge in [-0.3, -0.25) is 5.10 Å². The van der Waals surface area contributed by atoms with Gasteiger partial charge in [-0.2, -0.15) is 9.82 Å².